The number of carbonyl (C=O) groups is 1. The average Bonchev–Trinajstić information content (AvgIpc) is 2.68. The van der Waals surface area contributed by atoms with Gasteiger partial charge in [0.05, 0.1) is 20.3 Å². The maximum Gasteiger partial charge on any atom is 0.200 e. The lowest BCUT2D eigenvalue weighted by Crippen LogP contribution is -2.15. The summed E-state index contributed by atoms with van der Waals surface area (Å²) in [6.45, 7) is 0. The number of hydrogen-bond acceptors (Lipinski definition) is 7. The van der Waals surface area contributed by atoms with Gasteiger partial charge in [0.1, 0.15) is 5.78 Å². The van der Waals surface area contributed by atoms with Crippen LogP contribution in [-0.2, 0) is 17.6 Å². The molecule has 0 saturated carbocycles. The van der Waals surface area contributed by atoms with Gasteiger partial charge in [0.2, 0.25) is 5.75 Å². The molecule has 0 aromatic heterocycles. The first-order chi connectivity index (χ1) is 13.3. The van der Waals surface area contributed by atoms with E-state index in [1.165, 1.54) is 26.4 Å². The van der Waals surface area contributed by atoms with Crippen molar-refractivity contribution < 1.29 is 34.7 Å². The highest BCUT2D eigenvalue weighted by Crippen LogP contribution is 2.36. The number of carbonyl (C=O) groups excluding carboxylic acids is 1. The molecule has 0 aliphatic heterocycles. The maximum atomic E-state index is 12.1. The van der Waals surface area contributed by atoms with Gasteiger partial charge in [-0.2, -0.15) is 0 Å². The molecule has 4 N–H and O–H groups in total. The number of Topliss-reactive ketones (excluding diaryl/α,β-unsaturated/α-hetero) is 1. The van der Waals surface area contributed by atoms with Crippen LogP contribution in [0.25, 0.3) is 0 Å². The molecule has 2 rings (SSSR count). The molecule has 0 saturated heterocycles. The normalized spacial score (nSPS) is 11.8. The quantitative estimate of drug-likeness (QED) is 0.461. The smallest absolute Gasteiger partial charge is 0.200 e. The van der Waals surface area contributed by atoms with Crippen molar-refractivity contribution in [1.82, 2.24) is 0 Å². The van der Waals surface area contributed by atoms with E-state index < -0.39 is 6.10 Å². The summed E-state index contributed by atoms with van der Waals surface area (Å²) in [7, 11) is 2.85. The Kier molecular flexibility index (Phi) is 7.52. The molecular formula is C21H26O7. The largest absolute Gasteiger partial charge is 0.504 e. The van der Waals surface area contributed by atoms with Gasteiger partial charge in [-0.1, -0.05) is 6.07 Å². The number of ketones is 1. The van der Waals surface area contributed by atoms with Crippen molar-refractivity contribution >= 4 is 5.78 Å². The molecule has 2 aromatic rings. The minimum atomic E-state index is -0.768. The SMILES string of the molecule is COc1cc(CC[C@@H](O)CC(=O)CCc2cc(O)c(O)c(OC)c2)ccc1O. The lowest BCUT2D eigenvalue weighted by atomic mass is 9.99. The van der Waals surface area contributed by atoms with Gasteiger partial charge >= 0.3 is 0 Å². The first-order valence-corrected chi connectivity index (χ1v) is 8.98. The van der Waals surface area contributed by atoms with E-state index in [1.807, 2.05) is 0 Å². The number of benzene rings is 2. The summed E-state index contributed by atoms with van der Waals surface area (Å²) in [6.07, 6.45) is 0.801. The van der Waals surface area contributed by atoms with Crippen LogP contribution in [0.5, 0.6) is 28.7 Å². The number of methoxy groups -OCH3 is 2. The van der Waals surface area contributed by atoms with E-state index in [-0.39, 0.29) is 41.6 Å². The number of phenolic OH excluding ortho intramolecular Hbond substituents is 3. The number of aryl methyl sites for hydroxylation is 2. The standard InChI is InChI=1S/C21H26O7/c1-27-19-10-13(5-8-17(19)24)3-6-15(22)12-16(23)7-4-14-9-18(25)21(26)20(11-14)28-2/h5,8-11,15,22,24-26H,3-4,6-7,12H2,1-2H3/t15-/m1/s1. The van der Waals surface area contributed by atoms with Gasteiger partial charge in [-0.15, -0.1) is 0 Å². The van der Waals surface area contributed by atoms with Crippen LogP contribution >= 0.6 is 0 Å². The van der Waals surface area contributed by atoms with E-state index in [2.05, 4.69) is 0 Å². The molecule has 0 bridgehead atoms. The van der Waals surface area contributed by atoms with Gasteiger partial charge in [-0.25, -0.2) is 0 Å². The Hall–Kier alpha value is -2.93. The molecule has 0 radical (unpaired) electrons. The van der Waals surface area contributed by atoms with Crippen molar-refractivity contribution in [3.05, 3.63) is 41.5 Å². The van der Waals surface area contributed by atoms with Gasteiger partial charge in [0, 0.05) is 12.8 Å². The summed E-state index contributed by atoms with van der Waals surface area (Å²) < 4.78 is 10.0. The molecule has 152 valence electrons. The van der Waals surface area contributed by atoms with E-state index >= 15 is 0 Å². The zero-order valence-corrected chi connectivity index (χ0v) is 16.0. The van der Waals surface area contributed by atoms with Crippen LogP contribution in [0.2, 0.25) is 0 Å². The first-order valence-electron chi connectivity index (χ1n) is 8.98. The Labute approximate surface area is 163 Å². The number of aliphatic hydroxyl groups is 1. The fourth-order valence-corrected chi connectivity index (χ4v) is 2.91. The number of rotatable bonds is 10. The van der Waals surface area contributed by atoms with Gasteiger partial charge in [-0.05, 0) is 54.7 Å². The van der Waals surface area contributed by atoms with Crippen LogP contribution in [0, 0.1) is 0 Å². The van der Waals surface area contributed by atoms with Gasteiger partial charge in [0.15, 0.2) is 23.0 Å². The Balaban J connectivity index is 1.82. The molecule has 0 fully saturated rings. The number of aromatic hydroxyl groups is 3. The van der Waals surface area contributed by atoms with Crippen LogP contribution in [0.3, 0.4) is 0 Å². The van der Waals surface area contributed by atoms with E-state index in [0.29, 0.717) is 30.6 Å². The topological polar surface area (TPSA) is 116 Å². The number of aliphatic hydroxyl groups excluding tert-OH is 1. The second kappa shape index (κ2) is 9.85. The zero-order valence-electron chi connectivity index (χ0n) is 16.0. The predicted octanol–water partition coefficient (Wildman–Crippen LogP) is 2.71. The highest BCUT2D eigenvalue weighted by Gasteiger charge is 2.14. The van der Waals surface area contributed by atoms with Crippen LogP contribution in [0.4, 0.5) is 0 Å². The van der Waals surface area contributed by atoms with Crippen molar-refractivity contribution in [2.45, 2.75) is 38.2 Å². The maximum absolute atomic E-state index is 12.1. The summed E-state index contributed by atoms with van der Waals surface area (Å²) in [6, 6.07) is 7.94. The lowest BCUT2D eigenvalue weighted by Gasteiger charge is -2.12. The lowest BCUT2D eigenvalue weighted by molar-refractivity contribution is -0.121. The molecule has 0 heterocycles. The van der Waals surface area contributed by atoms with E-state index in [1.54, 1.807) is 18.2 Å². The van der Waals surface area contributed by atoms with Crippen LogP contribution in [-0.4, -0.2) is 46.5 Å². The Morgan fingerprint density at radius 2 is 1.61 bits per heavy atom. The fraction of sp³-hybridized carbons (Fsp3) is 0.381. The van der Waals surface area contributed by atoms with Crippen LogP contribution in [0.15, 0.2) is 30.3 Å². The minimum absolute atomic E-state index is 0.0381. The predicted molar refractivity (Wildman–Crippen MR) is 103 cm³/mol. The molecule has 0 unspecified atom stereocenters. The molecule has 7 heteroatoms. The van der Waals surface area contributed by atoms with Gasteiger partial charge in [-0.3, -0.25) is 4.79 Å². The molecule has 0 amide bonds. The Morgan fingerprint density at radius 1 is 0.929 bits per heavy atom. The van der Waals surface area contributed by atoms with Crippen molar-refractivity contribution in [3.63, 3.8) is 0 Å². The fourth-order valence-electron chi connectivity index (χ4n) is 2.91. The first kappa shape index (κ1) is 21.4. The second-order valence-electron chi connectivity index (χ2n) is 6.61. The molecular weight excluding hydrogens is 364 g/mol. The third-order valence-corrected chi connectivity index (χ3v) is 4.50. The molecule has 0 spiro atoms. The zero-order chi connectivity index (χ0) is 20.7. The van der Waals surface area contributed by atoms with E-state index in [0.717, 1.165) is 5.56 Å². The highest BCUT2D eigenvalue weighted by atomic mass is 16.5. The molecule has 2 aromatic carbocycles. The summed E-state index contributed by atoms with van der Waals surface area (Å²) in [5.74, 6) is -0.159. The van der Waals surface area contributed by atoms with Crippen LogP contribution < -0.4 is 9.47 Å². The molecule has 0 aliphatic carbocycles. The second-order valence-corrected chi connectivity index (χ2v) is 6.61. The Morgan fingerprint density at radius 3 is 2.29 bits per heavy atom. The number of phenols is 3. The van der Waals surface area contributed by atoms with Crippen molar-refractivity contribution in [1.29, 1.82) is 0 Å². The van der Waals surface area contributed by atoms with Crippen molar-refractivity contribution in [2.24, 2.45) is 0 Å². The summed E-state index contributed by atoms with van der Waals surface area (Å²) in [4.78, 5) is 12.1. The molecule has 7 nitrogen and oxygen atoms in total. The number of hydrogen-bond donors (Lipinski definition) is 4. The van der Waals surface area contributed by atoms with E-state index in [4.69, 9.17) is 9.47 Å². The number of ether oxygens (including phenoxy) is 2. The summed E-state index contributed by atoms with van der Waals surface area (Å²) >= 11 is 0. The van der Waals surface area contributed by atoms with Gasteiger partial charge in [0.25, 0.3) is 0 Å². The van der Waals surface area contributed by atoms with Crippen LogP contribution in [0.1, 0.15) is 30.4 Å². The monoisotopic (exact) mass is 390 g/mol. The third-order valence-electron chi connectivity index (χ3n) is 4.50. The molecule has 28 heavy (non-hydrogen) atoms. The average molecular weight is 390 g/mol. The minimum Gasteiger partial charge on any atom is -0.504 e. The Bertz CT molecular complexity index is 817. The third kappa shape index (κ3) is 5.79. The summed E-state index contributed by atoms with van der Waals surface area (Å²) in [5.41, 5.74) is 1.55. The highest BCUT2D eigenvalue weighted by molar-refractivity contribution is 5.79. The van der Waals surface area contributed by atoms with Crippen molar-refractivity contribution in [3.8, 4) is 28.7 Å². The molecule has 0 aliphatic rings. The van der Waals surface area contributed by atoms with Crippen molar-refractivity contribution in [2.75, 3.05) is 14.2 Å². The molecule has 1 atom stereocenters. The summed E-state index contributed by atoms with van der Waals surface area (Å²) in [5, 5.41) is 39.0. The van der Waals surface area contributed by atoms with Gasteiger partial charge < -0.3 is 29.9 Å². The van der Waals surface area contributed by atoms with E-state index in [9.17, 15) is 25.2 Å².